The van der Waals surface area contributed by atoms with E-state index in [1.165, 1.54) is 17.0 Å². The van der Waals surface area contributed by atoms with Gasteiger partial charge in [0.05, 0.1) is 0 Å². The Bertz CT molecular complexity index is 417. The summed E-state index contributed by atoms with van der Waals surface area (Å²) in [5, 5.41) is 3.40. The Morgan fingerprint density at radius 2 is 1.86 bits per heavy atom. The molecule has 21 heavy (non-hydrogen) atoms. The van der Waals surface area contributed by atoms with Crippen LogP contribution in [0.15, 0.2) is 0 Å². The van der Waals surface area contributed by atoms with E-state index in [0.717, 1.165) is 64.2 Å². The van der Waals surface area contributed by atoms with Crippen LogP contribution in [0.3, 0.4) is 0 Å². The first kappa shape index (κ1) is 16.4. The smallest absolute Gasteiger partial charge is 0.129 e. The first-order valence-electron chi connectivity index (χ1n) is 8.44. The standard InChI is InChI=1S/C17H29N3O/c1-4-15-14(7-9-18-6-3)16(5-2)20-17(19-15)11-13-8-10-21-12-13/h13,18H,4-12H2,1-3H3. The molecule has 1 fully saturated rings. The maximum atomic E-state index is 5.47. The number of hydrogen-bond donors (Lipinski definition) is 1. The van der Waals surface area contributed by atoms with E-state index in [9.17, 15) is 0 Å². The number of nitrogens with one attached hydrogen (secondary N) is 1. The summed E-state index contributed by atoms with van der Waals surface area (Å²) >= 11 is 0. The molecule has 4 nitrogen and oxygen atoms in total. The summed E-state index contributed by atoms with van der Waals surface area (Å²) in [7, 11) is 0. The van der Waals surface area contributed by atoms with E-state index < -0.39 is 0 Å². The number of aryl methyl sites for hydroxylation is 2. The monoisotopic (exact) mass is 291 g/mol. The fourth-order valence-electron chi connectivity index (χ4n) is 3.00. The molecule has 2 rings (SSSR count). The van der Waals surface area contributed by atoms with Crippen molar-refractivity contribution in [2.24, 2.45) is 5.92 Å². The number of aromatic nitrogens is 2. The average Bonchev–Trinajstić information content (AvgIpc) is 3.01. The van der Waals surface area contributed by atoms with Crippen molar-refractivity contribution in [3.8, 4) is 0 Å². The zero-order valence-corrected chi connectivity index (χ0v) is 13.7. The molecule has 1 aliphatic heterocycles. The Kier molecular flexibility index (Phi) is 6.58. The molecular formula is C17H29N3O. The number of ether oxygens (including phenoxy) is 1. The largest absolute Gasteiger partial charge is 0.381 e. The average molecular weight is 291 g/mol. The second-order valence-corrected chi connectivity index (χ2v) is 5.76. The van der Waals surface area contributed by atoms with Crippen LogP contribution in [0, 0.1) is 5.92 Å². The molecule has 1 N–H and O–H groups in total. The Labute approximate surface area is 128 Å². The molecule has 1 aromatic rings. The molecule has 118 valence electrons. The first-order valence-corrected chi connectivity index (χ1v) is 8.44. The van der Waals surface area contributed by atoms with Crippen LogP contribution >= 0.6 is 0 Å². The summed E-state index contributed by atoms with van der Waals surface area (Å²) in [4.78, 5) is 9.70. The lowest BCUT2D eigenvalue weighted by Gasteiger charge is -2.15. The van der Waals surface area contributed by atoms with Crippen LogP contribution in [0.1, 0.15) is 50.0 Å². The lowest BCUT2D eigenvalue weighted by atomic mass is 10.0. The third kappa shape index (κ3) is 4.48. The summed E-state index contributed by atoms with van der Waals surface area (Å²) in [6, 6.07) is 0. The third-order valence-corrected chi connectivity index (χ3v) is 4.19. The molecule has 0 aliphatic carbocycles. The highest BCUT2D eigenvalue weighted by Crippen LogP contribution is 2.19. The normalized spacial score (nSPS) is 18.3. The summed E-state index contributed by atoms with van der Waals surface area (Å²) < 4.78 is 5.47. The molecule has 1 atom stereocenters. The lowest BCUT2D eigenvalue weighted by molar-refractivity contribution is 0.185. The van der Waals surface area contributed by atoms with Crippen LogP contribution in [0.4, 0.5) is 0 Å². The van der Waals surface area contributed by atoms with Crippen molar-refractivity contribution in [1.29, 1.82) is 0 Å². The first-order chi connectivity index (χ1) is 10.3. The molecule has 0 amide bonds. The fourth-order valence-corrected chi connectivity index (χ4v) is 3.00. The number of likely N-dealkylation sites (N-methyl/N-ethyl adjacent to an activating group) is 1. The van der Waals surface area contributed by atoms with Gasteiger partial charge in [-0.1, -0.05) is 20.8 Å². The molecule has 0 spiro atoms. The SMILES string of the molecule is CCNCCc1c(CC)nc(CC2CCOC2)nc1CC. The Hall–Kier alpha value is -1.00. The summed E-state index contributed by atoms with van der Waals surface area (Å²) in [6.45, 7) is 10.3. The molecular weight excluding hydrogens is 262 g/mol. The number of hydrogen-bond acceptors (Lipinski definition) is 4. The molecule has 0 saturated carbocycles. The van der Waals surface area contributed by atoms with Gasteiger partial charge < -0.3 is 10.1 Å². The molecule has 1 unspecified atom stereocenters. The van der Waals surface area contributed by atoms with Crippen LogP contribution in [0.25, 0.3) is 0 Å². The molecule has 1 aliphatic rings. The topological polar surface area (TPSA) is 47.0 Å². The molecule has 0 bridgehead atoms. The highest BCUT2D eigenvalue weighted by Gasteiger charge is 2.19. The molecule has 4 heteroatoms. The van der Waals surface area contributed by atoms with Crippen molar-refractivity contribution in [2.75, 3.05) is 26.3 Å². The van der Waals surface area contributed by atoms with E-state index in [1.807, 2.05) is 0 Å². The van der Waals surface area contributed by atoms with E-state index in [-0.39, 0.29) is 0 Å². The van der Waals surface area contributed by atoms with Crippen molar-refractivity contribution in [1.82, 2.24) is 15.3 Å². The van der Waals surface area contributed by atoms with Crippen LogP contribution < -0.4 is 5.32 Å². The van der Waals surface area contributed by atoms with Crippen LogP contribution in [-0.4, -0.2) is 36.3 Å². The Morgan fingerprint density at radius 1 is 1.14 bits per heavy atom. The maximum absolute atomic E-state index is 5.47. The molecule has 0 radical (unpaired) electrons. The zero-order chi connectivity index (χ0) is 15.1. The van der Waals surface area contributed by atoms with Crippen LogP contribution in [-0.2, 0) is 30.4 Å². The van der Waals surface area contributed by atoms with Crippen molar-refractivity contribution in [3.63, 3.8) is 0 Å². The second-order valence-electron chi connectivity index (χ2n) is 5.76. The Balaban J connectivity index is 2.16. The van der Waals surface area contributed by atoms with Gasteiger partial charge in [-0.15, -0.1) is 0 Å². The molecule has 1 saturated heterocycles. The van der Waals surface area contributed by atoms with Crippen molar-refractivity contribution in [3.05, 3.63) is 22.8 Å². The minimum absolute atomic E-state index is 0.604. The predicted molar refractivity (Wildman–Crippen MR) is 85.7 cm³/mol. The molecule has 0 aromatic carbocycles. The van der Waals surface area contributed by atoms with Crippen molar-refractivity contribution >= 4 is 0 Å². The van der Waals surface area contributed by atoms with E-state index in [4.69, 9.17) is 14.7 Å². The van der Waals surface area contributed by atoms with Gasteiger partial charge in [-0.05, 0) is 50.3 Å². The number of nitrogens with zero attached hydrogens (tertiary/aromatic N) is 2. The van der Waals surface area contributed by atoms with Gasteiger partial charge in [0, 0.05) is 31.0 Å². The summed E-state index contributed by atoms with van der Waals surface area (Å²) in [5.74, 6) is 1.62. The van der Waals surface area contributed by atoms with Gasteiger partial charge in [-0.25, -0.2) is 9.97 Å². The number of rotatable bonds is 8. The Morgan fingerprint density at radius 3 is 2.38 bits per heavy atom. The van der Waals surface area contributed by atoms with Gasteiger partial charge >= 0.3 is 0 Å². The summed E-state index contributed by atoms with van der Waals surface area (Å²) in [6.07, 6.45) is 5.13. The predicted octanol–water partition coefficient (Wildman–Crippen LogP) is 2.33. The van der Waals surface area contributed by atoms with Gasteiger partial charge in [0.2, 0.25) is 0 Å². The zero-order valence-electron chi connectivity index (χ0n) is 13.7. The van der Waals surface area contributed by atoms with Crippen molar-refractivity contribution in [2.45, 2.75) is 52.9 Å². The molecule has 1 aromatic heterocycles. The second kappa shape index (κ2) is 8.44. The van der Waals surface area contributed by atoms with Crippen LogP contribution in [0.5, 0.6) is 0 Å². The van der Waals surface area contributed by atoms with E-state index in [2.05, 4.69) is 26.1 Å². The summed E-state index contributed by atoms with van der Waals surface area (Å²) in [5.41, 5.74) is 3.86. The van der Waals surface area contributed by atoms with E-state index >= 15 is 0 Å². The van der Waals surface area contributed by atoms with Gasteiger partial charge in [-0.2, -0.15) is 0 Å². The minimum Gasteiger partial charge on any atom is -0.381 e. The minimum atomic E-state index is 0.604. The van der Waals surface area contributed by atoms with Gasteiger partial charge in [0.15, 0.2) is 0 Å². The highest BCUT2D eigenvalue weighted by molar-refractivity contribution is 5.27. The third-order valence-electron chi connectivity index (χ3n) is 4.19. The van der Waals surface area contributed by atoms with E-state index in [1.54, 1.807) is 0 Å². The lowest BCUT2D eigenvalue weighted by Crippen LogP contribution is -2.19. The van der Waals surface area contributed by atoms with Crippen LogP contribution in [0.2, 0.25) is 0 Å². The maximum Gasteiger partial charge on any atom is 0.129 e. The van der Waals surface area contributed by atoms with Gasteiger partial charge in [0.25, 0.3) is 0 Å². The van der Waals surface area contributed by atoms with Crippen molar-refractivity contribution < 1.29 is 4.74 Å². The fraction of sp³-hybridized carbons (Fsp3) is 0.765. The van der Waals surface area contributed by atoms with E-state index in [0.29, 0.717) is 5.92 Å². The highest BCUT2D eigenvalue weighted by atomic mass is 16.5. The molecule has 2 heterocycles. The van der Waals surface area contributed by atoms with Gasteiger partial charge in [0.1, 0.15) is 5.82 Å². The van der Waals surface area contributed by atoms with Gasteiger partial charge in [-0.3, -0.25) is 0 Å². The quantitative estimate of drug-likeness (QED) is 0.747.